The second-order valence-electron chi connectivity index (χ2n) is 5.42. The van der Waals surface area contributed by atoms with Gasteiger partial charge < -0.3 is 20.6 Å². The van der Waals surface area contributed by atoms with Crippen LogP contribution in [-0.4, -0.2) is 22.1 Å². The molecule has 1 atom stereocenters. The molecule has 118 valence electrons. The number of carbonyl (C=O) groups is 1. The van der Waals surface area contributed by atoms with E-state index >= 15 is 0 Å². The first-order valence-corrected chi connectivity index (χ1v) is 7.39. The summed E-state index contributed by atoms with van der Waals surface area (Å²) in [6, 6.07) is 14.7. The van der Waals surface area contributed by atoms with Gasteiger partial charge in [-0.3, -0.25) is 4.79 Å². The van der Waals surface area contributed by atoms with Crippen molar-refractivity contribution in [2.75, 3.05) is 0 Å². The topological polar surface area (TPSA) is 88.3 Å². The van der Waals surface area contributed by atoms with Crippen molar-refractivity contribution < 1.29 is 14.6 Å². The van der Waals surface area contributed by atoms with Crippen molar-refractivity contribution in [2.24, 2.45) is 5.73 Å². The largest absolute Gasteiger partial charge is 0.488 e. The molecule has 0 spiro atoms. The van der Waals surface area contributed by atoms with E-state index in [4.69, 9.17) is 15.6 Å². The van der Waals surface area contributed by atoms with Crippen molar-refractivity contribution in [1.82, 2.24) is 4.98 Å². The number of fused-ring (bicyclic) bond motifs is 1. The van der Waals surface area contributed by atoms with Gasteiger partial charge in [0.1, 0.15) is 18.4 Å². The van der Waals surface area contributed by atoms with Gasteiger partial charge in [0.15, 0.2) is 0 Å². The molecule has 0 bridgehead atoms. The molecule has 0 aliphatic rings. The molecule has 0 aliphatic heterocycles. The maximum Gasteiger partial charge on any atom is 0.320 e. The van der Waals surface area contributed by atoms with E-state index in [0.29, 0.717) is 6.61 Å². The summed E-state index contributed by atoms with van der Waals surface area (Å²) in [5, 5.41) is 9.90. The third-order valence-corrected chi connectivity index (χ3v) is 3.74. The predicted molar refractivity (Wildman–Crippen MR) is 88.4 cm³/mol. The van der Waals surface area contributed by atoms with Gasteiger partial charge in [-0.25, -0.2) is 0 Å². The van der Waals surface area contributed by atoms with Gasteiger partial charge in [-0.15, -0.1) is 0 Å². The number of carboxylic acid groups (broad SMARTS) is 1. The number of aliphatic carboxylic acids is 1. The van der Waals surface area contributed by atoms with Crippen molar-refractivity contribution in [1.29, 1.82) is 0 Å². The summed E-state index contributed by atoms with van der Waals surface area (Å²) in [6.07, 6.45) is 2.05. The molecule has 0 aliphatic carbocycles. The molecule has 0 fully saturated rings. The van der Waals surface area contributed by atoms with Gasteiger partial charge >= 0.3 is 5.97 Å². The summed E-state index contributed by atoms with van der Waals surface area (Å²) in [4.78, 5) is 14.1. The van der Waals surface area contributed by atoms with Crippen LogP contribution in [0.2, 0.25) is 0 Å². The monoisotopic (exact) mass is 310 g/mol. The van der Waals surface area contributed by atoms with E-state index in [-0.39, 0.29) is 6.42 Å². The molecule has 5 nitrogen and oxygen atoms in total. The van der Waals surface area contributed by atoms with Crippen molar-refractivity contribution in [3.05, 3.63) is 65.9 Å². The minimum absolute atomic E-state index is 0.251. The maximum absolute atomic E-state index is 11.0. The highest BCUT2D eigenvalue weighted by Gasteiger charge is 2.17. The summed E-state index contributed by atoms with van der Waals surface area (Å²) in [5.74, 6) is -0.290. The number of aromatic amines is 1. The number of nitrogens with two attached hydrogens (primary N) is 1. The molecule has 0 saturated heterocycles. The lowest BCUT2D eigenvalue weighted by atomic mass is 10.0. The van der Waals surface area contributed by atoms with Gasteiger partial charge in [0.25, 0.3) is 0 Å². The Morgan fingerprint density at radius 3 is 2.70 bits per heavy atom. The fourth-order valence-corrected chi connectivity index (χ4v) is 2.56. The number of hydrogen-bond donors (Lipinski definition) is 3. The number of benzene rings is 2. The number of aromatic nitrogens is 1. The molecule has 0 saturated carbocycles. The Labute approximate surface area is 133 Å². The summed E-state index contributed by atoms with van der Waals surface area (Å²) in [5.41, 5.74) is 8.48. The number of H-pyrrole nitrogens is 1. The number of nitrogens with one attached hydrogen (secondary N) is 1. The van der Waals surface area contributed by atoms with Crippen LogP contribution in [-0.2, 0) is 17.8 Å². The Bertz CT molecular complexity index is 812. The SMILES string of the molecule is N[C@@H](Cc1c[nH]c2cccc(OCc3ccccc3)c12)C(=O)O. The number of carboxylic acids is 1. The minimum Gasteiger partial charge on any atom is -0.488 e. The molecule has 4 N–H and O–H groups in total. The summed E-state index contributed by atoms with van der Waals surface area (Å²) < 4.78 is 5.94. The minimum atomic E-state index is -1.01. The molecular weight excluding hydrogens is 292 g/mol. The van der Waals surface area contributed by atoms with E-state index in [1.807, 2.05) is 48.5 Å². The number of ether oxygens (including phenoxy) is 1. The molecule has 23 heavy (non-hydrogen) atoms. The maximum atomic E-state index is 11.0. The number of rotatable bonds is 6. The average molecular weight is 310 g/mol. The van der Waals surface area contributed by atoms with E-state index in [0.717, 1.165) is 27.8 Å². The lowest BCUT2D eigenvalue weighted by Gasteiger charge is -2.10. The van der Waals surface area contributed by atoms with Crippen molar-refractivity contribution in [2.45, 2.75) is 19.1 Å². The highest BCUT2D eigenvalue weighted by atomic mass is 16.5. The van der Waals surface area contributed by atoms with E-state index in [1.165, 1.54) is 0 Å². The molecule has 1 heterocycles. The van der Waals surface area contributed by atoms with Crippen LogP contribution in [0.1, 0.15) is 11.1 Å². The molecule has 0 radical (unpaired) electrons. The fourth-order valence-electron chi connectivity index (χ4n) is 2.56. The Morgan fingerprint density at radius 1 is 1.17 bits per heavy atom. The lowest BCUT2D eigenvalue weighted by Crippen LogP contribution is -2.32. The van der Waals surface area contributed by atoms with Gasteiger partial charge in [0.05, 0.1) is 0 Å². The molecule has 0 amide bonds. The molecule has 3 rings (SSSR count). The highest BCUT2D eigenvalue weighted by Crippen LogP contribution is 2.30. The summed E-state index contributed by atoms with van der Waals surface area (Å²) in [6.45, 7) is 0.454. The second kappa shape index (κ2) is 6.54. The Kier molecular flexibility index (Phi) is 4.30. The number of hydrogen-bond acceptors (Lipinski definition) is 3. The molecule has 1 aromatic heterocycles. The lowest BCUT2D eigenvalue weighted by molar-refractivity contribution is -0.138. The first-order chi connectivity index (χ1) is 11.1. The quantitative estimate of drug-likeness (QED) is 0.653. The molecule has 0 unspecified atom stereocenters. The Balaban J connectivity index is 1.87. The summed E-state index contributed by atoms with van der Waals surface area (Å²) in [7, 11) is 0. The van der Waals surface area contributed by atoms with Crippen molar-refractivity contribution >= 4 is 16.9 Å². The third kappa shape index (κ3) is 3.35. The van der Waals surface area contributed by atoms with E-state index in [2.05, 4.69) is 4.98 Å². The first-order valence-electron chi connectivity index (χ1n) is 7.39. The Hall–Kier alpha value is -2.79. The van der Waals surface area contributed by atoms with Crippen LogP contribution in [0.25, 0.3) is 10.9 Å². The molecular formula is C18H18N2O3. The highest BCUT2D eigenvalue weighted by molar-refractivity contribution is 5.90. The first kappa shape index (κ1) is 15.1. The van der Waals surface area contributed by atoms with E-state index in [1.54, 1.807) is 6.20 Å². The second-order valence-corrected chi connectivity index (χ2v) is 5.42. The Morgan fingerprint density at radius 2 is 1.96 bits per heavy atom. The van der Waals surface area contributed by atoms with Gasteiger partial charge in [-0.2, -0.15) is 0 Å². The van der Waals surface area contributed by atoms with Crippen LogP contribution >= 0.6 is 0 Å². The third-order valence-electron chi connectivity index (χ3n) is 3.74. The van der Waals surface area contributed by atoms with Gasteiger partial charge in [0.2, 0.25) is 0 Å². The van der Waals surface area contributed by atoms with Crippen LogP contribution in [0, 0.1) is 0 Å². The van der Waals surface area contributed by atoms with Crippen LogP contribution < -0.4 is 10.5 Å². The zero-order chi connectivity index (χ0) is 16.2. The smallest absolute Gasteiger partial charge is 0.320 e. The van der Waals surface area contributed by atoms with Crippen LogP contribution in [0.5, 0.6) is 5.75 Å². The van der Waals surface area contributed by atoms with Crippen LogP contribution in [0.4, 0.5) is 0 Å². The standard InChI is InChI=1S/C18H18N2O3/c19-14(18(21)22)9-13-10-20-15-7-4-8-16(17(13)15)23-11-12-5-2-1-3-6-12/h1-8,10,14,20H,9,11,19H2,(H,21,22)/t14-/m0/s1. The molecule has 5 heteroatoms. The fraction of sp³-hybridized carbons (Fsp3) is 0.167. The molecule has 3 aromatic rings. The molecule has 2 aromatic carbocycles. The van der Waals surface area contributed by atoms with Gasteiger partial charge in [-0.05, 0) is 23.3 Å². The van der Waals surface area contributed by atoms with Crippen molar-refractivity contribution in [3.8, 4) is 5.75 Å². The van der Waals surface area contributed by atoms with E-state index in [9.17, 15) is 4.79 Å². The van der Waals surface area contributed by atoms with E-state index < -0.39 is 12.0 Å². The summed E-state index contributed by atoms with van der Waals surface area (Å²) >= 11 is 0. The van der Waals surface area contributed by atoms with Gasteiger partial charge in [-0.1, -0.05) is 36.4 Å². The predicted octanol–water partition coefficient (Wildman–Crippen LogP) is 2.70. The normalized spacial score (nSPS) is 12.2. The average Bonchev–Trinajstić information content (AvgIpc) is 2.97. The van der Waals surface area contributed by atoms with Crippen LogP contribution in [0.15, 0.2) is 54.7 Å². The zero-order valence-corrected chi connectivity index (χ0v) is 12.5. The zero-order valence-electron chi connectivity index (χ0n) is 12.5. The van der Waals surface area contributed by atoms with Gasteiger partial charge in [0, 0.05) is 23.5 Å². The van der Waals surface area contributed by atoms with Crippen molar-refractivity contribution in [3.63, 3.8) is 0 Å². The van der Waals surface area contributed by atoms with Crippen LogP contribution in [0.3, 0.4) is 0 Å².